The topological polar surface area (TPSA) is 85.2 Å². The third-order valence-corrected chi connectivity index (χ3v) is 3.19. The van der Waals surface area contributed by atoms with Crippen molar-refractivity contribution in [2.24, 2.45) is 5.73 Å². The highest BCUT2D eigenvalue weighted by Crippen LogP contribution is 2.30. The minimum Gasteiger partial charge on any atom is -0.394 e. The fourth-order valence-electron chi connectivity index (χ4n) is 2.18. The van der Waals surface area contributed by atoms with E-state index in [9.17, 15) is 0 Å². The number of aliphatic hydroxyl groups excluding tert-OH is 1. The molecule has 1 aliphatic rings. The van der Waals surface area contributed by atoms with Crippen LogP contribution in [0.25, 0.3) is 0 Å². The molecule has 0 amide bonds. The number of hydrogen-bond acceptors (Lipinski definition) is 5. The van der Waals surface area contributed by atoms with E-state index in [1.807, 2.05) is 0 Å². The van der Waals surface area contributed by atoms with Gasteiger partial charge >= 0.3 is 0 Å². The molecule has 1 aliphatic carbocycles. The number of aliphatic hydroxyl groups is 1. The van der Waals surface area contributed by atoms with E-state index in [-0.39, 0.29) is 6.61 Å². The minimum absolute atomic E-state index is 0.160. The molecule has 0 aromatic carbocycles. The van der Waals surface area contributed by atoms with E-state index in [0.29, 0.717) is 11.8 Å². The largest absolute Gasteiger partial charge is 0.394 e. The Morgan fingerprint density at radius 1 is 1.31 bits per heavy atom. The Labute approximate surface area is 95.0 Å². The second-order valence-electron chi connectivity index (χ2n) is 4.47. The number of rotatable bonds is 3. The van der Waals surface area contributed by atoms with Gasteiger partial charge in [-0.05, 0) is 12.8 Å². The maximum absolute atomic E-state index is 8.90. The van der Waals surface area contributed by atoms with Crippen molar-refractivity contribution in [3.8, 4) is 0 Å². The first kappa shape index (κ1) is 11.5. The van der Waals surface area contributed by atoms with Gasteiger partial charge in [0.15, 0.2) is 5.82 Å². The molecule has 0 saturated heterocycles. The smallest absolute Gasteiger partial charge is 0.245 e. The van der Waals surface area contributed by atoms with Gasteiger partial charge in [0.25, 0.3) is 0 Å². The van der Waals surface area contributed by atoms with Crippen LogP contribution in [-0.4, -0.2) is 21.9 Å². The Kier molecular flexibility index (Phi) is 3.90. The van der Waals surface area contributed by atoms with Crippen LogP contribution in [0.15, 0.2) is 4.52 Å². The lowest BCUT2D eigenvalue weighted by Crippen LogP contribution is -2.15. The fraction of sp³-hybridized carbons (Fsp3) is 0.818. The van der Waals surface area contributed by atoms with Crippen LogP contribution in [0.4, 0.5) is 0 Å². The zero-order valence-electron chi connectivity index (χ0n) is 9.43. The third-order valence-electron chi connectivity index (χ3n) is 3.19. The van der Waals surface area contributed by atoms with Gasteiger partial charge in [0.2, 0.25) is 5.89 Å². The maximum Gasteiger partial charge on any atom is 0.245 e. The lowest BCUT2D eigenvalue weighted by molar-refractivity contribution is 0.236. The molecular formula is C11H19N3O2. The molecule has 0 bridgehead atoms. The van der Waals surface area contributed by atoms with Gasteiger partial charge in [0, 0.05) is 5.92 Å². The molecule has 0 unspecified atom stereocenters. The first-order valence-electron chi connectivity index (χ1n) is 6.01. The van der Waals surface area contributed by atoms with Gasteiger partial charge in [-0.15, -0.1) is 0 Å². The SMILES string of the molecule is N[C@@H](CO)c1nc(C2CCCCCC2)no1. The van der Waals surface area contributed by atoms with Crippen LogP contribution in [0.1, 0.15) is 62.2 Å². The number of nitrogens with zero attached hydrogens (tertiary/aromatic N) is 2. The predicted octanol–water partition coefficient (Wildman–Crippen LogP) is 1.50. The van der Waals surface area contributed by atoms with Gasteiger partial charge in [0.1, 0.15) is 6.04 Å². The summed E-state index contributed by atoms with van der Waals surface area (Å²) in [5.74, 6) is 1.52. The summed E-state index contributed by atoms with van der Waals surface area (Å²) in [7, 11) is 0. The van der Waals surface area contributed by atoms with Crippen molar-refractivity contribution in [3.63, 3.8) is 0 Å². The average Bonchev–Trinajstić information content (AvgIpc) is 2.64. The third kappa shape index (κ3) is 2.59. The van der Waals surface area contributed by atoms with E-state index >= 15 is 0 Å². The van der Waals surface area contributed by atoms with E-state index in [4.69, 9.17) is 15.4 Å². The van der Waals surface area contributed by atoms with E-state index in [1.54, 1.807) is 0 Å². The molecule has 5 nitrogen and oxygen atoms in total. The summed E-state index contributed by atoms with van der Waals surface area (Å²) in [4.78, 5) is 4.28. The Hall–Kier alpha value is -0.940. The zero-order valence-corrected chi connectivity index (χ0v) is 9.43. The summed E-state index contributed by atoms with van der Waals surface area (Å²) in [5.41, 5.74) is 5.62. The summed E-state index contributed by atoms with van der Waals surface area (Å²) >= 11 is 0. The molecule has 0 aliphatic heterocycles. The van der Waals surface area contributed by atoms with Gasteiger partial charge < -0.3 is 15.4 Å². The molecule has 1 aromatic rings. The standard InChI is InChI=1S/C11H19N3O2/c12-9(7-15)11-13-10(14-16-11)8-5-3-1-2-4-6-8/h8-9,15H,1-7,12H2/t9-/m0/s1. The highest BCUT2D eigenvalue weighted by molar-refractivity contribution is 4.98. The quantitative estimate of drug-likeness (QED) is 0.761. The second-order valence-corrected chi connectivity index (χ2v) is 4.47. The highest BCUT2D eigenvalue weighted by atomic mass is 16.5. The van der Waals surface area contributed by atoms with E-state index in [1.165, 1.54) is 25.7 Å². The van der Waals surface area contributed by atoms with Crippen molar-refractivity contribution in [1.82, 2.24) is 10.1 Å². The summed E-state index contributed by atoms with van der Waals surface area (Å²) < 4.78 is 5.07. The summed E-state index contributed by atoms with van der Waals surface area (Å²) in [6.45, 7) is -0.160. The van der Waals surface area contributed by atoms with Crippen LogP contribution in [0.2, 0.25) is 0 Å². The van der Waals surface area contributed by atoms with Gasteiger partial charge in [-0.2, -0.15) is 4.98 Å². The minimum atomic E-state index is -0.549. The van der Waals surface area contributed by atoms with Gasteiger partial charge in [-0.25, -0.2) is 0 Å². The Morgan fingerprint density at radius 3 is 2.62 bits per heavy atom. The van der Waals surface area contributed by atoms with Crippen LogP contribution >= 0.6 is 0 Å². The first-order chi connectivity index (χ1) is 7.81. The number of aromatic nitrogens is 2. The lowest BCUT2D eigenvalue weighted by atomic mass is 10.00. The normalized spacial score (nSPS) is 20.6. The average molecular weight is 225 g/mol. The van der Waals surface area contributed by atoms with Crippen molar-refractivity contribution in [3.05, 3.63) is 11.7 Å². The maximum atomic E-state index is 8.90. The molecule has 1 saturated carbocycles. The Morgan fingerprint density at radius 2 is 2.00 bits per heavy atom. The number of hydrogen-bond donors (Lipinski definition) is 2. The highest BCUT2D eigenvalue weighted by Gasteiger charge is 2.21. The lowest BCUT2D eigenvalue weighted by Gasteiger charge is -2.07. The fourth-order valence-corrected chi connectivity index (χ4v) is 2.18. The summed E-state index contributed by atoms with van der Waals surface area (Å²) in [5, 5.41) is 12.9. The van der Waals surface area contributed by atoms with Crippen LogP contribution in [0.5, 0.6) is 0 Å². The first-order valence-corrected chi connectivity index (χ1v) is 6.01. The van der Waals surface area contributed by atoms with Crippen LogP contribution in [0.3, 0.4) is 0 Å². The van der Waals surface area contributed by atoms with Crippen molar-refractivity contribution >= 4 is 0 Å². The van der Waals surface area contributed by atoms with Crippen molar-refractivity contribution in [2.75, 3.05) is 6.61 Å². The van der Waals surface area contributed by atoms with Crippen molar-refractivity contribution < 1.29 is 9.63 Å². The van der Waals surface area contributed by atoms with Gasteiger partial charge in [-0.1, -0.05) is 30.8 Å². The molecule has 2 rings (SSSR count). The van der Waals surface area contributed by atoms with E-state index < -0.39 is 6.04 Å². The molecule has 1 atom stereocenters. The molecule has 1 aromatic heterocycles. The van der Waals surface area contributed by atoms with Gasteiger partial charge in [0.05, 0.1) is 6.61 Å². The van der Waals surface area contributed by atoms with E-state index in [2.05, 4.69) is 10.1 Å². The zero-order chi connectivity index (χ0) is 11.4. The molecule has 1 fully saturated rings. The van der Waals surface area contributed by atoms with Crippen LogP contribution < -0.4 is 5.73 Å². The van der Waals surface area contributed by atoms with Gasteiger partial charge in [-0.3, -0.25) is 0 Å². The predicted molar refractivity (Wildman–Crippen MR) is 58.8 cm³/mol. The Balaban J connectivity index is 2.05. The molecule has 16 heavy (non-hydrogen) atoms. The molecule has 0 spiro atoms. The summed E-state index contributed by atoms with van der Waals surface area (Å²) in [6.07, 6.45) is 7.34. The van der Waals surface area contributed by atoms with Crippen LogP contribution in [0, 0.1) is 0 Å². The molecular weight excluding hydrogens is 206 g/mol. The van der Waals surface area contributed by atoms with Crippen LogP contribution in [-0.2, 0) is 0 Å². The molecule has 1 heterocycles. The second kappa shape index (κ2) is 5.41. The molecule has 5 heteroatoms. The van der Waals surface area contributed by atoms with Crippen molar-refractivity contribution in [1.29, 1.82) is 0 Å². The number of nitrogens with two attached hydrogens (primary N) is 1. The van der Waals surface area contributed by atoms with Crippen molar-refractivity contribution in [2.45, 2.75) is 50.5 Å². The molecule has 0 radical (unpaired) electrons. The monoisotopic (exact) mass is 225 g/mol. The van der Waals surface area contributed by atoms with E-state index in [0.717, 1.165) is 18.7 Å². The summed E-state index contributed by atoms with van der Waals surface area (Å²) in [6, 6.07) is -0.549. The molecule has 90 valence electrons. The molecule has 3 N–H and O–H groups in total. The Bertz CT molecular complexity index is 319.